The van der Waals surface area contributed by atoms with E-state index in [2.05, 4.69) is 9.97 Å². The molecule has 1 heterocycles. The zero-order valence-corrected chi connectivity index (χ0v) is 9.92. The number of H-pyrrole nitrogens is 1. The molecule has 3 rings (SSSR count). The number of hydrogen-bond donors (Lipinski definition) is 1. The maximum Gasteiger partial charge on any atom is 0.258 e. The summed E-state index contributed by atoms with van der Waals surface area (Å²) in [4.78, 5) is 18.5. The van der Waals surface area contributed by atoms with Crippen LogP contribution in [-0.4, -0.2) is 15.9 Å². The molecule has 19 heavy (non-hydrogen) atoms. The quantitative estimate of drug-likeness (QED) is 0.864. The van der Waals surface area contributed by atoms with Crippen molar-refractivity contribution in [3.05, 3.63) is 40.2 Å². The summed E-state index contributed by atoms with van der Waals surface area (Å²) in [6, 6.07) is 3.65. The van der Waals surface area contributed by atoms with Crippen molar-refractivity contribution in [3.63, 3.8) is 0 Å². The number of aromatic amines is 1. The third kappa shape index (κ3) is 2.22. The predicted molar refractivity (Wildman–Crippen MR) is 63.9 cm³/mol. The maximum absolute atomic E-state index is 13.2. The van der Waals surface area contributed by atoms with Crippen LogP contribution in [-0.2, 0) is 0 Å². The van der Waals surface area contributed by atoms with E-state index in [9.17, 15) is 18.0 Å². The molecule has 1 aliphatic carbocycles. The summed E-state index contributed by atoms with van der Waals surface area (Å²) in [6.07, 6.45) is -0.254. The summed E-state index contributed by atoms with van der Waals surface area (Å²) >= 11 is 0. The minimum atomic E-state index is -2.71. The van der Waals surface area contributed by atoms with Gasteiger partial charge in [0.05, 0.1) is 10.9 Å². The highest BCUT2D eigenvalue weighted by atomic mass is 19.3. The summed E-state index contributed by atoms with van der Waals surface area (Å²) in [6.45, 7) is 0. The van der Waals surface area contributed by atoms with Gasteiger partial charge < -0.3 is 4.98 Å². The Bertz CT molecular complexity index is 696. The molecule has 0 aliphatic heterocycles. The van der Waals surface area contributed by atoms with E-state index in [1.54, 1.807) is 0 Å². The Morgan fingerprint density at radius 1 is 1.37 bits per heavy atom. The molecule has 100 valence electrons. The lowest BCUT2D eigenvalue weighted by atomic mass is 10.1. The third-order valence-electron chi connectivity index (χ3n) is 3.48. The van der Waals surface area contributed by atoms with Gasteiger partial charge in [0, 0.05) is 24.8 Å². The number of alkyl halides is 2. The predicted octanol–water partition coefficient (Wildman–Crippen LogP) is 2.97. The van der Waals surface area contributed by atoms with Crippen LogP contribution >= 0.6 is 0 Å². The number of halogens is 3. The second-order valence-corrected chi connectivity index (χ2v) is 4.91. The highest BCUT2D eigenvalue weighted by Gasteiger charge is 2.41. The van der Waals surface area contributed by atoms with Gasteiger partial charge in [-0.3, -0.25) is 4.79 Å². The van der Waals surface area contributed by atoms with Crippen LogP contribution in [0.25, 0.3) is 10.9 Å². The molecule has 3 nitrogen and oxygen atoms in total. The van der Waals surface area contributed by atoms with Crippen molar-refractivity contribution in [1.29, 1.82) is 0 Å². The number of nitrogens with zero attached hydrogens (tertiary/aromatic N) is 1. The zero-order valence-electron chi connectivity index (χ0n) is 9.92. The Morgan fingerprint density at radius 3 is 2.84 bits per heavy atom. The van der Waals surface area contributed by atoms with Crippen LogP contribution in [0.4, 0.5) is 13.2 Å². The number of benzene rings is 1. The van der Waals surface area contributed by atoms with Gasteiger partial charge in [0.25, 0.3) is 5.56 Å². The molecule has 1 unspecified atom stereocenters. The summed E-state index contributed by atoms with van der Waals surface area (Å²) in [5, 5.41) is 0.259. The van der Waals surface area contributed by atoms with E-state index in [4.69, 9.17) is 0 Å². The van der Waals surface area contributed by atoms with Gasteiger partial charge >= 0.3 is 0 Å². The van der Waals surface area contributed by atoms with Crippen LogP contribution in [0.3, 0.4) is 0 Å². The summed E-state index contributed by atoms with van der Waals surface area (Å²) in [7, 11) is 0. The molecular formula is C13H11F3N2O. The summed E-state index contributed by atoms with van der Waals surface area (Å²) in [5.74, 6) is -3.47. The molecule has 1 atom stereocenters. The van der Waals surface area contributed by atoms with Crippen LogP contribution in [0.15, 0.2) is 23.0 Å². The van der Waals surface area contributed by atoms with E-state index in [0.717, 1.165) is 6.07 Å². The molecule has 1 saturated carbocycles. The number of nitrogens with one attached hydrogen (secondary N) is 1. The maximum atomic E-state index is 13.2. The molecule has 1 N–H and O–H groups in total. The summed E-state index contributed by atoms with van der Waals surface area (Å²) in [5.41, 5.74) is -0.218. The number of fused-ring (bicyclic) bond motifs is 1. The number of rotatable bonds is 1. The highest BCUT2D eigenvalue weighted by molar-refractivity contribution is 5.77. The van der Waals surface area contributed by atoms with Crippen LogP contribution < -0.4 is 5.56 Å². The van der Waals surface area contributed by atoms with E-state index >= 15 is 0 Å². The van der Waals surface area contributed by atoms with Crippen LogP contribution in [0.1, 0.15) is 31.0 Å². The first-order chi connectivity index (χ1) is 8.94. The van der Waals surface area contributed by atoms with Crippen molar-refractivity contribution >= 4 is 10.9 Å². The Kier molecular flexibility index (Phi) is 2.62. The van der Waals surface area contributed by atoms with Gasteiger partial charge in [-0.2, -0.15) is 0 Å². The lowest BCUT2D eigenvalue weighted by Gasteiger charge is -2.10. The molecule has 0 amide bonds. The first kappa shape index (κ1) is 12.2. The van der Waals surface area contributed by atoms with Gasteiger partial charge in [-0.1, -0.05) is 0 Å². The SMILES string of the molecule is O=c1[nH]c(C2CCC(F)(F)C2)nc2cc(F)ccc12. The summed E-state index contributed by atoms with van der Waals surface area (Å²) < 4.78 is 39.5. The average molecular weight is 268 g/mol. The normalized spacial score (nSPS) is 21.9. The Morgan fingerprint density at radius 2 is 2.16 bits per heavy atom. The standard InChI is InChI=1S/C13H11F3N2O/c14-8-1-2-9-10(5-8)17-11(18-12(9)19)7-3-4-13(15,16)6-7/h1-2,5,7H,3-4,6H2,(H,17,18,19). The van der Waals surface area contributed by atoms with E-state index in [-0.39, 0.29) is 36.0 Å². The fourth-order valence-electron chi connectivity index (χ4n) is 2.51. The smallest absolute Gasteiger partial charge is 0.258 e. The van der Waals surface area contributed by atoms with Gasteiger partial charge in [0.1, 0.15) is 11.6 Å². The second kappa shape index (κ2) is 4.08. The largest absolute Gasteiger partial charge is 0.310 e. The topological polar surface area (TPSA) is 45.8 Å². The van der Waals surface area contributed by atoms with Crippen molar-refractivity contribution < 1.29 is 13.2 Å². The molecule has 0 saturated heterocycles. The van der Waals surface area contributed by atoms with Crippen molar-refractivity contribution in [2.45, 2.75) is 31.1 Å². The van der Waals surface area contributed by atoms with Crippen molar-refractivity contribution in [2.75, 3.05) is 0 Å². The minimum Gasteiger partial charge on any atom is -0.310 e. The fourth-order valence-corrected chi connectivity index (χ4v) is 2.51. The van der Waals surface area contributed by atoms with Gasteiger partial charge in [-0.25, -0.2) is 18.2 Å². The molecule has 1 aliphatic rings. The molecule has 0 radical (unpaired) electrons. The molecular weight excluding hydrogens is 257 g/mol. The monoisotopic (exact) mass is 268 g/mol. The number of hydrogen-bond acceptors (Lipinski definition) is 2. The zero-order chi connectivity index (χ0) is 13.6. The van der Waals surface area contributed by atoms with Crippen molar-refractivity contribution in [3.8, 4) is 0 Å². The first-order valence-corrected chi connectivity index (χ1v) is 6.02. The third-order valence-corrected chi connectivity index (χ3v) is 3.48. The van der Waals surface area contributed by atoms with Crippen LogP contribution in [0, 0.1) is 5.82 Å². The van der Waals surface area contributed by atoms with E-state index < -0.39 is 23.2 Å². The lowest BCUT2D eigenvalue weighted by Crippen LogP contribution is -2.15. The van der Waals surface area contributed by atoms with Gasteiger partial charge in [0.15, 0.2) is 0 Å². The Hall–Kier alpha value is -1.85. The van der Waals surface area contributed by atoms with Gasteiger partial charge in [-0.15, -0.1) is 0 Å². The average Bonchev–Trinajstić information content (AvgIpc) is 2.69. The van der Waals surface area contributed by atoms with Crippen LogP contribution in [0.2, 0.25) is 0 Å². The number of aromatic nitrogens is 2. The minimum absolute atomic E-state index is 0.203. The molecule has 1 aromatic carbocycles. The van der Waals surface area contributed by atoms with Crippen LogP contribution in [0.5, 0.6) is 0 Å². The van der Waals surface area contributed by atoms with Gasteiger partial charge in [0.2, 0.25) is 5.92 Å². The van der Waals surface area contributed by atoms with Crippen molar-refractivity contribution in [2.24, 2.45) is 0 Å². The van der Waals surface area contributed by atoms with E-state index in [0.29, 0.717) is 0 Å². The highest BCUT2D eigenvalue weighted by Crippen LogP contribution is 2.43. The molecule has 6 heteroatoms. The Labute approximate surface area is 106 Å². The molecule has 1 aromatic heterocycles. The fraction of sp³-hybridized carbons (Fsp3) is 0.385. The first-order valence-electron chi connectivity index (χ1n) is 6.02. The van der Waals surface area contributed by atoms with E-state index in [1.165, 1.54) is 12.1 Å². The van der Waals surface area contributed by atoms with Crippen molar-refractivity contribution in [1.82, 2.24) is 9.97 Å². The molecule has 1 fully saturated rings. The van der Waals surface area contributed by atoms with Gasteiger partial charge in [-0.05, 0) is 18.6 Å². The second-order valence-electron chi connectivity index (χ2n) is 4.91. The molecule has 2 aromatic rings. The lowest BCUT2D eigenvalue weighted by molar-refractivity contribution is 0.00754. The Balaban J connectivity index is 2.08. The molecule has 0 bridgehead atoms. The molecule has 0 spiro atoms. The van der Waals surface area contributed by atoms with E-state index in [1.807, 2.05) is 0 Å².